The van der Waals surface area contributed by atoms with Crippen molar-refractivity contribution < 1.29 is 4.74 Å². The molecule has 0 spiro atoms. The highest BCUT2D eigenvalue weighted by atomic mass is 16.5. The predicted octanol–water partition coefficient (Wildman–Crippen LogP) is 1.27. The summed E-state index contributed by atoms with van der Waals surface area (Å²) in [4.78, 5) is 0. The van der Waals surface area contributed by atoms with Crippen LogP contribution < -0.4 is 11.1 Å². The highest BCUT2D eigenvalue weighted by Gasteiger charge is 2.41. The molecule has 0 aromatic rings. The van der Waals surface area contributed by atoms with Crippen molar-refractivity contribution in [1.82, 2.24) is 5.32 Å². The zero-order chi connectivity index (χ0) is 10.9. The Morgan fingerprint density at radius 2 is 2.13 bits per heavy atom. The average molecular weight is 212 g/mol. The number of hydrogen-bond acceptors (Lipinski definition) is 3. The van der Waals surface area contributed by atoms with Gasteiger partial charge < -0.3 is 15.8 Å². The second-order valence-electron chi connectivity index (χ2n) is 5.59. The van der Waals surface area contributed by atoms with Crippen LogP contribution in [0.15, 0.2) is 0 Å². The summed E-state index contributed by atoms with van der Waals surface area (Å²) in [6.07, 6.45) is 5.38. The summed E-state index contributed by atoms with van der Waals surface area (Å²) in [5.74, 6) is 0. The highest BCUT2D eigenvalue weighted by Crippen LogP contribution is 2.40. The lowest BCUT2D eigenvalue weighted by Gasteiger charge is -2.44. The summed E-state index contributed by atoms with van der Waals surface area (Å²) in [5, 5.41) is 3.70. The van der Waals surface area contributed by atoms with Crippen LogP contribution in [-0.2, 0) is 4.74 Å². The minimum Gasteiger partial charge on any atom is -0.377 e. The number of rotatable bonds is 4. The minimum absolute atomic E-state index is 0.164. The van der Waals surface area contributed by atoms with Crippen molar-refractivity contribution in [3.8, 4) is 0 Å². The minimum atomic E-state index is 0.164. The molecule has 1 aliphatic carbocycles. The molecular formula is C12H24N2O. The Hall–Kier alpha value is -0.120. The van der Waals surface area contributed by atoms with E-state index < -0.39 is 0 Å². The normalized spacial score (nSPS) is 39.0. The van der Waals surface area contributed by atoms with Crippen LogP contribution in [0.1, 0.15) is 39.5 Å². The summed E-state index contributed by atoms with van der Waals surface area (Å²) in [5.41, 5.74) is 6.42. The Morgan fingerprint density at radius 1 is 1.40 bits per heavy atom. The maximum absolute atomic E-state index is 5.86. The summed E-state index contributed by atoms with van der Waals surface area (Å²) in [6, 6.07) is 0. The van der Waals surface area contributed by atoms with Crippen molar-refractivity contribution in [2.24, 2.45) is 11.1 Å². The third-order valence-electron chi connectivity index (χ3n) is 4.60. The topological polar surface area (TPSA) is 47.3 Å². The fourth-order valence-corrected chi connectivity index (χ4v) is 2.59. The van der Waals surface area contributed by atoms with Crippen molar-refractivity contribution in [2.75, 3.05) is 19.7 Å². The fourth-order valence-electron chi connectivity index (χ4n) is 2.59. The van der Waals surface area contributed by atoms with Crippen molar-refractivity contribution in [1.29, 1.82) is 0 Å². The van der Waals surface area contributed by atoms with Gasteiger partial charge in [0.15, 0.2) is 0 Å². The first-order valence-corrected chi connectivity index (χ1v) is 6.17. The molecule has 0 bridgehead atoms. The Morgan fingerprint density at radius 3 is 2.53 bits per heavy atom. The molecule has 2 rings (SSSR count). The monoisotopic (exact) mass is 212 g/mol. The Kier molecular flexibility index (Phi) is 3.06. The van der Waals surface area contributed by atoms with E-state index in [-0.39, 0.29) is 5.54 Å². The second-order valence-corrected chi connectivity index (χ2v) is 5.59. The summed E-state index contributed by atoms with van der Waals surface area (Å²) >= 11 is 0. The maximum Gasteiger partial charge on any atom is 0.0726 e. The van der Waals surface area contributed by atoms with Gasteiger partial charge in [-0.05, 0) is 45.1 Å². The third kappa shape index (κ3) is 2.05. The van der Waals surface area contributed by atoms with E-state index in [1.807, 2.05) is 0 Å². The van der Waals surface area contributed by atoms with E-state index in [2.05, 4.69) is 19.2 Å². The SMILES string of the molecule is CC1OCCC1(C)NCC1(CN)CCC1. The molecule has 0 amide bonds. The van der Waals surface area contributed by atoms with E-state index in [0.717, 1.165) is 26.1 Å². The van der Waals surface area contributed by atoms with Gasteiger partial charge in [0, 0.05) is 18.7 Å². The molecule has 0 aromatic heterocycles. The van der Waals surface area contributed by atoms with Crippen LogP contribution >= 0.6 is 0 Å². The Labute approximate surface area is 92.7 Å². The average Bonchev–Trinajstić information content (AvgIpc) is 2.47. The summed E-state index contributed by atoms with van der Waals surface area (Å²) in [6.45, 7) is 7.21. The van der Waals surface area contributed by atoms with Gasteiger partial charge in [0.2, 0.25) is 0 Å². The van der Waals surface area contributed by atoms with Crippen LogP contribution in [0.4, 0.5) is 0 Å². The van der Waals surface area contributed by atoms with Gasteiger partial charge in [-0.2, -0.15) is 0 Å². The fraction of sp³-hybridized carbons (Fsp3) is 1.00. The molecule has 1 aliphatic heterocycles. The number of ether oxygens (including phenoxy) is 1. The first-order chi connectivity index (χ1) is 7.10. The molecule has 0 radical (unpaired) electrons. The van der Waals surface area contributed by atoms with Crippen LogP contribution in [0.2, 0.25) is 0 Å². The smallest absolute Gasteiger partial charge is 0.0726 e. The lowest BCUT2D eigenvalue weighted by atomic mass is 9.68. The molecule has 0 aromatic carbocycles. The van der Waals surface area contributed by atoms with Crippen LogP contribution in [0.5, 0.6) is 0 Å². The summed E-state index contributed by atoms with van der Waals surface area (Å²) < 4.78 is 5.63. The van der Waals surface area contributed by atoms with Crippen LogP contribution in [-0.4, -0.2) is 31.3 Å². The van der Waals surface area contributed by atoms with Crippen LogP contribution in [0, 0.1) is 5.41 Å². The molecule has 1 saturated carbocycles. The quantitative estimate of drug-likeness (QED) is 0.738. The van der Waals surface area contributed by atoms with Crippen LogP contribution in [0.25, 0.3) is 0 Å². The molecule has 88 valence electrons. The molecular weight excluding hydrogens is 188 g/mol. The van der Waals surface area contributed by atoms with Crippen molar-refractivity contribution >= 4 is 0 Å². The van der Waals surface area contributed by atoms with Crippen molar-refractivity contribution in [3.63, 3.8) is 0 Å². The Balaban J connectivity index is 1.86. The van der Waals surface area contributed by atoms with Crippen molar-refractivity contribution in [3.05, 3.63) is 0 Å². The standard InChI is InChI=1S/C12H24N2O/c1-10-11(2,6-7-15-10)14-9-12(8-13)4-3-5-12/h10,14H,3-9,13H2,1-2H3. The first-order valence-electron chi connectivity index (χ1n) is 6.17. The van der Waals surface area contributed by atoms with E-state index in [4.69, 9.17) is 10.5 Å². The van der Waals surface area contributed by atoms with Gasteiger partial charge >= 0.3 is 0 Å². The Bertz CT molecular complexity index is 222. The molecule has 3 nitrogen and oxygen atoms in total. The maximum atomic E-state index is 5.86. The lowest BCUT2D eigenvalue weighted by molar-refractivity contribution is 0.0709. The van der Waals surface area contributed by atoms with Gasteiger partial charge in [-0.3, -0.25) is 0 Å². The van der Waals surface area contributed by atoms with E-state index in [1.54, 1.807) is 0 Å². The number of nitrogens with one attached hydrogen (secondary N) is 1. The van der Waals surface area contributed by atoms with E-state index in [1.165, 1.54) is 19.3 Å². The predicted molar refractivity (Wildman–Crippen MR) is 61.8 cm³/mol. The number of nitrogens with two attached hydrogens (primary N) is 1. The van der Waals surface area contributed by atoms with Gasteiger partial charge in [0.1, 0.15) is 0 Å². The zero-order valence-corrected chi connectivity index (χ0v) is 10.0. The molecule has 2 aliphatic rings. The van der Waals surface area contributed by atoms with Crippen LogP contribution in [0.3, 0.4) is 0 Å². The molecule has 2 fully saturated rings. The van der Waals surface area contributed by atoms with Gasteiger partial charge in [-0.25, -0.2) is 0 Å². The summed E-state index contributed by atoms with van der Waals surface area (Å²) in [7, 11) is 0. The molecule has 1 saturated heterocycles. The highest BCUT2D eigenvalue weighted by molar-refractivity contribution is 4.98. The first kappa shape index (κ1) is 11.4. The number of hydrogen-bond donors (Lipinski definition) is 2. The second kappa shape index (κ2) is 4.04. The molecule has 1 heterocycles. The molecule has 2 unspecified atom stereocenters. The van der Waals surface area contributed by atoms with E-state index in [0.29, 0.717) is 11.5 Å². The van der Waals surface area contributed by atoms with E-state index >= 15 is 0 Å². The zero-order valence-electron chi connectivity index (χ0n) is 10.0. The van der Waals surface area contributed by atoms with Gasteiger partial charge in [-0.1, -0.05) is 6.42 Å². The van der Waals surface area contributed by atoms with Gasteiger partial charge in [-0.15, -0.1) is 0 Å². The third-order valence-corrected chi connectivity index (χ3v) is 4.60. The van der Waals surface area contributed by atoms with Crippen molar-refractivity contribution in [2.45, 2.75) is 51.2 Å². The van der Waals surface area contributed by atoms with E-state index in [9.17, 15) is 0 Å². The van der Waals surface area contributed by atoms with Gasteiger partial charge in [0.05, 0.1) is 6.10 Å². The molecule has 3 heteroatoms. The lowest BCUT2D eigenvalue weighted by Crippen LogP contribution is -2.55. The molecule has 3 N–H and O–H groups in total. The molecule has 2 atom stereocenters. The largest absolute Gasteiger partial charge is 0.377 e. The molecule has 15 heavy (non-hydrogen) atoms. The van der Waals surface area contributed by atoms with Gasteiger partial charge in [0.25, 0.3) is 0 Å².